The van der Waals surface area contributed by atoms with Gasteiger partial charge in [-0.2, -0.15) is 0 Å². The summed E-state index contributed by atoms with van der Waals surface area (Å²) < 4.78 is 0. The number of anilines is 1. The summed E-state index contributed by atoms with van der Waals surface area (Å²) in [5, 5.41) is 4.70. The Bertz CT molecular complexity index is 837. The fraction of sp³-hybridized carbons (Fsp3) is 0.136. The molecule has 0 unspecified atom stereocenters. The van der Waals surface area contributed by atoms with Crippen LogP contribution in [0.15, 0.2) is 84.9 Å². The van der Waals surface area contributed by atoms with Gasteiger partial charge in [0.2, 0.25) is 0 Å². The molecule has 0 aromatic heterocycles. The summed E-state index contributed by atoms with van der Waals surface area (Å²) in [5.41, 5.74) is 3.44. The average molecular weight is 381 g/mol. The summed E-state index contributed by atoms with van der Waals surface area (Å²) in [6, 6.07) is 28.5. The van der Waals surface area contributed by atoms with E-state index in [-0.39, 0.29) is 0 Å². The van der Waals surface area contributed by atoms with Gasteiger partial charge in [-0.05, 0) is 48.0 Å². The largest absolute Gasteiger partial charge is 0.344 e. The third kappa shape index (κ3) is 5.58. The van der Waals surface area contributed by atoms with E-state index in [1.807, 2.05) is 36.4 Å². The van der Waals surface area contributed by atoms with Gasteiger partial charge in [0, 0.05) is 23.8 Å². The van der Waals surface area contributed by atoms with E-state index in [0.717, 1.165) is 25.2 Å². The van der Waals surface area contributed by atoms with Gasteiger partial charge in [0.25, 0.3) is 0 Å². The van der Waals surface area contributed by atoms with Crippen LogP contribution in [0.4, 0.5) is 5.69 Å². The Morgan fingerprint density at radius 1 is 0.846 bits per heavy atom. The van der Waals surface area contributed by atoms with Crippen molar-refractivity contribution in [3.05, 3.63) is 101 Å². The van der Waals surface area contributed by atoms with Crippen molar-refractivity contribution in [2.24, 2.45) is 0 Å². The first-order valence-electron chi connectivity index (χ1n) is 8.60. The van der Waals surface area contributed by atoms with Crippen LogP contribution in [0.1, 0.15) is 11.1 Å². The van der Waals surface area contributed by atoms with E-state index >= 15 is 0 Å². The average Bonchev–Trinajstić information content (AvgIpc) is 2.66. The molecule has 132 valence electrons. The Kier molecular flexibility index (Phi) is 6.64. The molecule has 0 aliphatic rings. The lowest BCUT2D eigenvalue weighted by molar-refractivity contribution is 0.423. The molecule has 0 fully saturated rings. The first-order chi connectivity index (χ1) is 12.7. The van der Waals surface area contributed by atoms with Gasteiger partial charge in [-0.1, -0.05) is 78.3 Å². The van der Waals surface area contributed by atoms with Crippen molar-refractivity contribution in [1.29, 1.82) is 0 Å². The second-order valence-corrected chi connectivity index (χ2v) is 6.91. The zero-order valence-corrected chi connectivity index (χ0v) is 16.0. The van der Waals surface area contributed by atoms with Crippen molar-refractivity contribution in [3.63, 3.8) is 0 Å². The van der Waals surface area contributed by atoms with Crippen molar-refractivity contribution >= 4 is 34.6 Å². The number of nitrogens with zero attached hydrogens (tertiary/aromatic N) is 1. The number of benzene rings is 3. The summed E-state index contributed by atoms with van der Waals surface area (Å²) in [6.45, 7) is 1.60. The van der Waals surface area contributed by atoms with Gasteiger partial charge in [0.1, 0.15) is 0 Å². The third-order valence-electron chi connectivity index (χ3n) is 4.09. The first kappa shape index (κ1) is 18.4. The Balaban J connectivity index is 1.71. The van der Waals surface area contributed by atoms with E-state index in [1.54, 1.807) is 0 Å². The lowest BCUT2D eigenvalue weighted by Gasteiger charge is -2.26. The molecule has 26 heavy (non-hydrogen) atoms. The summed E-state index contributed by atoms with van der Waals surface area (Å²) in [7, 11) is 0. The summed E-state index contributed by atoms with van der Waals surface area (Å²) in [4.78, 5) is 2.19. The van der Waals surface area contributed by atoms with Crippen LogP contribution in [0.5, 0.6) is 0 Å². The molecular formula is C22H21ClN2S. The highest BCUT2D eigenvalue weighted by Crippen LogP contribution is 2.16. The molecule has 4 heteroatoms. The predicted octanol–water partition coefficient (Wildman–Crippen LogP) is 5.78. The van der Waals surface area contributed by atoms with Crippen LogP contribution in [0.25, 0.3) is 0 Å². The zero-order chi connectivity index (χ0) is 18.2. The maximum atomic E-state index is 6.08. The molecular weight excluding hydrogens is 360 g/mol. The normalized spacial score (nSPS) is 10.3. The quantitative estimate of drug-likeness (QED) is 0.545. The van der Waals surface area contributed by atoms with E-state index in [1.165, 1.54) is 11.1 Å². The van der Waals surface area contributed by atoms with Crippen LogP contribution in [-0.2, 0) is 13.0 Å². The van der Waals surface area contributed by atoms with Crippen LogP contribution in [0.2, 0.25) is 5.02 Å². The number of halogens is 1. The van der Waals surface area contributed by atoms with Crippen molar-refractivity contribution in [2.75, 3.05) is 11.9 Å². The highest BCUT2D eigenvalue weighted by atomic mass is 35.5. The minimum absolute atomic E-state index is 0.691. The Hall–Kier alpha value is -2.36. The maximum Gasteiger partial charge on any atom is 0.173 e. The molecule has 3 aromatic rings. The summed E-state index contributed by atoms with van der Waals surface area (Å²) in [5.74, 6) is 0. The highest BCUT2D eigenvalue weighted by Gasteiger charge is 2.11. The molecule has 0 saturated heterocycles. The molecule has 1 N–H and O–H groups in total. The van der Waals surface area contributed by atoms with Crippen LogP contribution in [0.3, 0.4) is 0 Å². The van der Waals surface area contributed by atoms with E-state index < -0.39 is 0 Å². The van der Waals surface area contributed by atoms with Gasteiger partial charge in [-0.25, -0.2) is 0 Å². The van der Waals surface area contributed by atoms with Crippen molar-refractivity contribution in [3.8, 4) is 0 Å². The first-order valence-corrected chi connectivity index (χ1v) is 9.39. The van der Waals surface area contributed by atoms with Crippen LogP contribution in [0, 0.1) is 0 Å². The minimum Gasteiger partial charge on any atom is -0.344 e. The highest BCUT2D eigenvalue weighted by molar-refractivity contribution is 7.80. The van der Waals surface area contributed by atoms with Gasteiger partial charge in [0.15, 0.2) is 5.11 Å². The van der Waals surface area contributed by atoms with E-state index in [4.69, 9.17) is 23.8 Å². The minimum atomic E-state index is 0.691. The molecule has 0 spiro atoms. The Morgan fingerprint density at radius 2 is 1.50 bits per heavy atom. The van der Waals surface area contributed by atoms with Gasteiger partial charge >= 0.3 is 0 Å². The van der Waals surface area contributed by atoms with E-state index in [2.05, 4.69) is 58.7 Å². The van der Waals surface area contributed by atoms with Gasteiger partial charge in [0.05, 0.1) is 0 Å². The van der Waals surface area contributed by atoms with Crippen LogP contribution < -0.4 is 5.32 Å². The number of hydrogen-bond donors (Lipinski definition) is 1. The SMILES string of the molecule is S=C(Nc1cccc(Cl)c1)N(CCc1ccccc1)Cc1ccccc1. The lowest BCUT2D eigenvalue weighted by Crippen LogP contribution is -2.35. The molecule has 3 rings (SSSR count). The molecule has 0 aliphatic carbocycles. The summed E-state index contributed by atoms with van der Waals surface area (Å²) in [6.07, 6.45) is 0.936. The molecule has 0 heterocycles. The third-order valence-corrected chi connectivity index (χ3v) is 4.69. The van der Waals surface area contributed by atoms with Gasteiger partial charge in [-0.15, -0.1) is 0 Å². The smallest absolute Gasteiger partial charge is 0.173 e. The number of rotatable bonds is 6. The van der Waals surface area contributed by atoms with Crippen molar-refractivity contribution in [1.82, 2.24) is 4.90 Å². The molecule has 0 saturated carbocycles. The van der Waals surface area contributed by atoms with Crippen LogP contribution in [-0.4, -0.2) is 16.6 Å². The molecule has 0 aliphatic heterocycles. The van der Waals surface area contributed by atoms with Crippen molar-refractivity contribution in [2.45, 2.75) is 13.0 Å². The fourth-order valence-corrected chi connectivity index (χ4v) is 3.20. The van der Waals surface area contributed by atoms with Crippen LogP contribution >= 0.6 is 23.8 Å². The van der Waals surface area contributed by atoms with E-state index in [0.29, 0.717) is 10.1 Å². The molecule has 0 radical (unpaired) electrons. The van der Waals surface area contributed by atoms with Gasteiger partial charge < -0.3 is 10.2 Å². The standard InChI is InChI=1S/C22H21ClN2S/c23-20-12-7-13-21(16-20)24-22(26)25(17-19-10-5-2-6-11-19)15-14-18-8-3-1-4-9-18/h1-13,16H,14-15,17H2,(H,24,26). The van der Waals surface area contributed by atoms with Gasteiger partial charge in [-0.3, -0.25) is 0 Å². The molecule has 2 nitrogen and oxygen atoms in total. The second kappa shape index (κ2) is 9.37. The zero-order valence-electron chi connectivity index (χ0n) is 14.4. The molecule has 0 atom stereocenters. The molecule has 0 bridgehead atoms. The number of hydrogen-bond acceptors (Lipinski definition) is 1. The number of nitrogens with one attached hydrogen (secondary N) is 1. The monoisotopic (exact) mass is 380 g/mol. The fourth-order valence-electron chi connectivity index (χ4n) is 2.73. The number of thiocarbonyl (C=S) groups is 1. The molecule has 3 aromatic carbocycles. The topological polar surface area (TPSA) is 15.3 Å². The lowest BCUT2D eigenvalue weighted by atomic mass is 10.1. The maximum absolute atomic E-state index is 6.08. The Labute approximate surface area is 165 Å². The molecule has 0 amide bonds. The second-order valence-electron chi connectivity index (χ2n) is 6.08. The van der Waals surface area contributed by atoms with E-state index in [9.17, 15) is 0 Å². The predicted molar refractivity (Wildman–Crippen MR) is 115 cm³/mol. The summed E-state index contributed by atoms with van der Waals surface area (Å²) >= 11 is 11.8. The van der Waals surface area contributed by atoms with Crippen molar-refractivity contribution < 1.29 is 0 Å². The Morgan fingerprint density at radius 3 is 2.15 bits per heavy atom.